The van der Waals surface area contributed by atoms with Gasteiger partial charge in [-0.15, -0.1) is 11.5 Å². The summed E-state index contributed by atoms with van der Waals surface area (Å²) in [5, 5.41) is 52.3. The molecule has 0 heterocycles. The number of rotatable bonds is 7. The van der Waals surface area contributed by atoms with Crippen LogP contribution in [0.25, 0.3) is 0 Å². The Balaban J connectivity index is -0.0000000930. The van der Waals surface area contributed by atoms with E-state index in [9.17, 15) is 30.0 Å². The Morgan fingerprint density at radius 2 is 0.857 bits per heavy atom. The molecule has 0 aliphatic rings. The van der Waals surface area contributed by atoms with Gasteiger partial charge in [-0.2, -0.15) is 10.2 Å². The summed E-state index contributed by atoms with van der Waals surface area (Å²) < 4.78 is 0. The first-order chi connectivity index (χ1) is 18.0. The number of hydrogen-bond acceptors (Lipinski definition) is 12. The maximum Gasteiger partial charge on any atom is 2.00 e. The van der Waals surface area contributed by atoms with Gasteiger partial charge in [0, 0.05) is 66.2 Å². The quantitative estimate of drug-likeness (QED) is 0.0697. The minimum atomic E-state index is -0.924. The first-order valence-corrected chi connectivity index (χ1v) is 11.0. The Kier molecular flexibility index (Phi) is 49.6. The molecule has 0 unspecified atom stereocenters. The van der Waals surface area contributed by atoms with E-state index >= 15 is 0 Å². The maximum atomic E-state index is 11.6. The van der Waals surface area contributed by atoms with Crippen molar-refractivity contribution in [1.29, 1.82) is 0 Å². The van der Waals surface area contributed by atoms with Crippen molar-refractivity contribution in [3.05, 3.63) is 59.7 Å². The van der Waals surface area contributed by atoms with Crippen LogP contribution in [0.5, 0.6) is 11.5 Å². The fraction of sp³-hybridized carbons (Fsp3) is 0.333. The van der Waals surface area contributed by atoms with Gasteiger partial charge in [-0.25, -0.2) is 0 Å². The SMILES string of the molecule is CN(C)C=O.CN(C)C=O.NCCN.NCCN.O.O.[O-]/C(=N\N=C(/[O-])c1ccccc1[O-])c1ccccc1[O-].[Zn+2].[Zn+2]. The molecule has 0 aliphatic carbocycles. The predicted octanol–water partition coefficient (Wildman–Crippen LogP) is -5.78. The van der Waals surface area contributed by atoms with Crippen molar-refractivity contribution in [2.75, 3.05) is 54.4 Å². The number of hydrogen-bond donors (Lipinski definition) is 4. The Labute approximate surface area is 272 Å². The third-order valence-electron chi connectivity index (χ3n) is 3.22. The van der Waals surface area contributed by atoms with E-state index in [-0.39, 0.29) is 61.0 Å². The maximum absolute atomic E-state index is 11.6. The van der Waals surface area contributed by atoms with Gasteiger partial charge >= 0.3 is 39.0 Å². The van der Waals surface area contributed by atoms with Crippen LogP contribution in [0, 0.1) is 0 Å². The van der Waals surface area contributed by atoms with Crippen molar-refractivity contribution < 1.29 is 79.9 Å². The Bertz CT molecular complexity index is 877. The van der Waals surface area contributed by atoms with Crippen LogP contribution in [0.4, 0.5) is 0 Å². The van der Waals surface area contributed by atoms with Crippen molar-refractivity contribution in [3.8, 4) is 11.5 Å². The van der Waals surface area contributed by atoms with Crippen molar-refractivity contribution in [2.24, 2.45) is 33.1 Å². The monoisotopic (exact) mass is 698 g/mol. The van der Waals surface area contributed by atoms with E-state index in [0.29, 0.717) is 26.2 Å². The summed E-state index contributed by atoms with van der Waals surface area (Å²) in [4.78, 5) is 21.8. The van der Waals surface area contributed by atoms with E-state index in [1.54, 1.807) is 28.2 Å². The molecule has 42 heavy (non-hydrogen) atoms. The average molecular weight is 701 g/mol. The topological polar surface area (TPSA) is 325 Å². The van der Waals surface area contributed by atoms with Crippen LogP contribution in [0.3, 0.4) is 0 Å². The normalized spacial score (nSPS) is 8.95. The standard InChI is InChI=1S/C14H12N2O4.2C3H7NO.2C2H8N2.2H2O.2Zn/c17-11-7-3-1-5-9(11)13(19)15-16-14(20)10-6-2-4-8-12(10)18;2*1-4(2)3-5;2*3-1-2-4;;;;/h1-8,17-18H,(H,15,19)(H,16,20);2*3H,1-2H3;2*1-4H2;2*1H2;;/q;;;;;;;2*+2/p-4. The summed E-state index contributed by atoms with van der Waals surface area (Å²) >= 11 is 0. The van der Waals surface area contributed by atoms with Crippen LogP contribution in [-0.2, 0) is 48.5 Å². The summed E-state index contributed by atoms with van der Waals surface area (Å²) in [6.45, 7) is 2.39. The van der Waals surface area contributed by atoms with Gasteiger partial charge in [0.1, 0.15) is 0 Å². The molecule has 0 saturated carbocycles. The van der Waals surface area contributed by atoms with Crippen molar-refractivity contribution in [1.82, 2.24) is 9.80 Å². The zero-order valence-corrected chi connectivity index (χ0v) is 30.5. The number of benzene rings is 2. The summed E-state index contributed by atoms with van der Waals surface area (Å²) in [5.41, 5.74) is 19.2. The first-order valence-electron chi connectivity index (χ1n) is 11.0. The molecule has 0 aromatic heterocycles. The number of amides is 2. The van der Waals surface area contributed by atoms with Gasteiger partial charge in [0.05, 0.1) is 0 Å². The predicted molar refractivity (Wildman–Crippen MR) is 148 cm³/mol. The Morgan fingerprint density at radius 1 is 0.643 bits per heavy atom. The van der Waals surface area contributed by atoms with E-state index in [2.05, 4.69) is 10.2 Å². The van der Waals surface area contributed by atoms with Gasteiger partial charge in [0.2, 0.25) is 12.8 Å². The van der Waals surface area contributed by atoms with Crippen LogP contribution in [-0.4, -0.2) is 99.7 Å². The minimum absolute atomic E-state index is 0. The molecule has 16 nitrogen and oxygen atoms in total. The first kappa shape index (κ1) is 54.9. The van der Waals surface area contributed by atoms with Crippen molar-refractivity contribution in [2.45, 2.75) is 0 Å². The average Bonchev–Trinajstić information content (AvgIpc) is 2.92. The second-order valence-electron chi connectivity index (χ2n) is 7.10. The minimum Gasteiger partial charge on any atom is -0.872 e. The van der Waals surface area contributed by atoms with Gasteiger partial charge in [0.25, 0.3) is 0 Å². The van der Waals surface area contributed by atoms with Gasteiger partial charge < -0.3 is 64.1 Å². The van der Waals surface area contributed by atoms with Crippen LogP contribution >= 0.6 is 0 Å². The zero-order chi connectivity index (χ0) is 29.9. The number of carbonyl (C=O) groups excluding carboxylic acids is 2. The summed E-state index contributed by atoms with van der Waals surface area (Å²) in [6, 6.07) is 10.9. The molecule has 2 rings (SSSR count). The largest absolute Gasteiger partial charge is 2.00 e. The molecular weight excluding hydrogens is 659 g/mol. The second kappa shape index (κ2) is 37.9. The van der Waals surface area contributed by atoms with E-state index in [0.717, 1.165) is 12.8 Å². The van der Waals surface area contributed by atoms with Gasteiger partial charge in [0.15, 0.2) is 0 Å². The molecule has 18 heteroatoms. The summed E-state index contributed by atoms with van der Waals surface area (Å²) in [7, 11) is 6.75. The number of para-hydroxylation sites is 2. The molecule has 230 valence electrons. The van der Waals surface area contributed by atoms with E-state index in [4.69, 9.17) is 22.9 Å². The zero-order valence-electron chi connectivity index (χ0n) is 24.6. The Morgan fingerprint density at radius 3 is 1.02 bits per heavy atom. The van der Waals surface area contributed by atoms with E-state index in [1.165, 1.54) is 58.3 Å². The van der Waals surface area contributed by atoms with E-state index < -0.39 is 23.3 Å². The Hall–Kier alpha value is -3.07. The van der Waals surface area contributed by atoms with Gasteiger partial charge in [-0.3, -0.25) is 9.59 Å². The molecule has 0 radical (unpaired) electrons. The fourth-order valence-electron chi connectivity index (χ4n) is 1.49. The molecule has 0 fully saturated rings. The molecule has 0 saturated heterocycles. The van der Waals surface area contributed by atoms with Crippen molar-refractivity contribution >= 4 is 24.6 Å². The number of nitrogens with zero attached hydrogens (tertiary/aromatic N) is 4. The smallest absolute Gasteiger partial charge is 0.872 e. The van der Waals surface area contributed by atoms with Crippen LogP contribution < -0.4 is 43.4 Å². The molecule has 0 aliphatic heterocycles. The van der Waals surface area contributed by atoms with Crippen LogP contribution in [0.2, 0.25) is 0 Å². The summed E-state index contributed by atoms with van der Waals surface area (Å²) in [5.74, 6) is -2.86. The molecule has 12 N–H and O–H groups in total. The molecular formula is C24H42N8O8Zn2. The van der Waals surface area contributed by atoms with Crippen LogP contribution in [0.15, 0.2) is 58.7 Å². The number of nitrogens with two attached hydrogens (primary N) is 4. The fourth-order valence-corrected chi connectivity index (χ4v) is 1.49. The van der Waals surface area contributed by atoms with E-state index in [1.807, 2.05) is 0 Å². The summed E-state index contributed by atoms with van der Waals surface area (Å²) in [6.07, 6.45) is 1.50. The van der Waals surface area contributed by atoms with Crippen molar-refractivity contribution in [3.63, 3.8) is 0 Å². The third-order valence-corrected chi connectivity index (χ3v) is 3.22. The molecule has 0 spiro atoms. The van der Waals surface area contributed by atoms with Gasteiger partial charge in [-0.05, 0) is 11.1 Å². The second-order valence-corrected chi connectivity index (χ2v) is 7.10. The third kappa shape index (κ3) is 33.1. The molecule has 0 bridgehead atoms. The number of carbonyl (C=O) groups is 2. The van der Waals surface area contributed by atoms with Crippen LogP contribution in [0.1, 0.15) is 11.1 Å². The molecule has 0 atom stereocenters. The molecule has 2 aromatic carbocycles. The molecule has 2 aromatic rings. The molecule has 2 amide bonds. The van der Waals surface area contributed by atoms with Gasteiger partial charge in [-0.1, -0.05) is 48.5 Å².